The Labute approximate surface area is 179 Å². The standard InChI is InChI=1S/C29H42/c1-7-8-17-29(6,21-11-9-10-12-21)27-25-18-20(2)13-15-23(25)24-16-14-22(19-26(24)27)28(3,4)5/h7,13-16,18-19,21,23-27H,1,8-12,17H2,2-6H3/t23?,24?,25?,26?,27-,29?/m1/s1. The fraction of sp³-hybridized carbons (Fsp3) is 0.655. The summed E-state index contributed by atoms with van der Waals surface area (Å²) in [7, 11) is 0. The second-order valence-corrected chi connectivity index (χ2v) is 11.7. The molecule has 0 aliphatic heterocycles. The van der Waals surface area contributed by atoms with E-state index in [1.807, 2.05) is 0 Å². The largest absolute Gasteiger partial charge is 0.103 e. The van der Waals surface area contributed by atoms with Gasteiger partial charge in [0.25, 0.3) is 0 Å². The summed E-state index contributed by atoms with van der Waals surface area (Å²) in [6, 6.07) is 0. The van der Waals surface area contributed by atoms with Crippen molar-refractivity contribution in [3.05, 3.63) is 60.3 Å². The first-order valence-corrected chi connectivity index (χ1v) is 12.1. The van der Waals surface area contributed by atoms with Gasteiger partial charge in [0.2, 0.25) is 0 Å². The van der Waals surface area contributed by atoms with Crippen molar-refractivity contribution in [3.63, 3.8) is 0 Å². The summed E-state index contributed by atoms with van der Waals surface area (Å²) >= 11 is 0. The van der Waals surface area contributed by atoms with Crippen LogP contribution in [0.15, 0.2) is 60.3 Å². The quantitative estimate of drug-likeness (QED) is 0.414. The Morgan fingerprint density at radius 3 is 2.17 bits per heavy atom. The molecule has 0 spiro atoms. The summed E-state index contributed by atoms with van der Waals surface area (Å²) in [4.78, 5) is 0. The molecule has 6 atom stereocenters. The lowest BCUT2D eigenvalue weighted by atomic mass is 9.58. The Kier molecular flexibility index (Phi) is 5.60. The first-order valence-electron chi connectivity index (χ1n) is 12.1. The number of hydrogen-bond donors (Lipinski definition) is 0. The maximum absolute atomic E-state index is 4.09. The zero-order chi connectivity index (χ0) is 20.8. The van der Waals surface area contributed by atoms with Gasteiger partial charge in [0.05, 0.1) is 0 Å². The van der Waals surface area contributed by atoms with Crippen LogP contribution in [-0.4, -0.2) is 0 Å². The van der Waals surface area contributed by atoms with E-state index in [1.54, 1.807) is 5.57 Å². The third-order valence-corrected chi connectivity index (χ3v) is 8.87. The van der Waals surface area contributed by atoms with E-state index in [1.165, 1.54) is 37.7 Å². The molecule has 2 fully saturated rings. The number of fused-ring (bicyclic) bond motifs is 3. The highest BCUT2D eigenvalue weighted by atomic mass is 14.6. The molecule has 0 aromatic heterocycles. The van der Waals surface area contributed by atoms with Gasteiger partial charge < -0.3 is 0 Å². The van der Waals surface area contributed by atoms with E-state index in [-0.39, 0.29) is 5.41 Å². The van der Waals surface area contributed by atoms with Crippen molar-refractivity contribution in [3.8, 4) is 0 Å². The van der Waals surface area contributed by atoms with E-state index in [2.05, 4.69) is 83.7 Å². The molecular formula is C29H42. The molecule has 158 valence electrons. The third-order valence-electron chi connectivity index (χ3n) is 8.87. The van der Waals surface area contributed by atoms with Crippen LogP contribution in [0.1, 0.15) is 73.1 Å². The van der Waals surface area contributed by atoms with Crippen LogP contribution in [0.5, 0.6) is 0 Å². The van der Waals surface area contributed by atoms with E-state index >= 15 is 0 Å². The van der Waals surface area contributed by atoms with Crippen molar-refractivity contribution in [2.24, 2.45) is 46.3 Å². The van der Waals surface area contributed by atoms with Crippen LogP contribution in [0.3, 0.4) is 0 Å². The fourth-order valence-electron chi connectivity index (χ4n) is 7.31. The molecule has 0 amide bonds. The average Bonchev–Trinajstić information content (AvgIpc) is 3.31. The number of rotatable bonds is 5. The zero-order valence-electron chi connectivity index (χ0n) is 19.5. The van der Waals surface area contributed by atoms with Crippen molar-refractivity contribution in [1.29, 1.82) is 0 Å². The molecular weight excluding hydrogens is 348 g/mol. The monoisotopic (exact) mass is 390 g/mol. The van der Waals surface area contributed by atoms with E-state index in [4.69, 9.17) is 0 Å². The summed E-state index contributed by atoms with van der Waals surface area (Å²) in [6.45, 7) is 16.2. The lowest BCUT2D eigenvalue weighted by Crippen LogP contribution is -2.40. The maximum atomic E-state index is 4.09. The van der Waals surface area contributed by atoms with E-state index in [0.717, 1.165) is 18.3 Å². The normalized spacial score (nSPS) is 36.2. The highest BCUT2D eigenvalue weighted by Gasteiger charge is 2.56. The highest BCUT2D eigenvalue weighted by molar-refractivity contribution is 5.38. The molecule has 2 saturated carbocycles. The van der Waals surface area contributed by atoms with Crippen LogP contribution in [0, 0.1) is 46.3 Å². The smallest absolute Gasteiger partial charge is 0.00952 e. The molecule has 0 saturated heterocycles. The van der Waals surface area contributed by atoms with Crippen LogP contribution in [0.2, 0.25) is 0 Å². The molecule has 0 heterocycles. The van der Waals surface area contributed by atoms with Gasteiger partial charge in [-0.3, -0.25) is 0 Å². The third kappa shape index (κ3) is 3.66. The number of hydrogen-bond acceptors (Lipinski definition) is 0. The predicted molar refractivity (Wildman–Crippen MR) is 127 cm³/mol. The van der Waals surface area contributed by atoms with E-state index in [9.17, 15) is 0 Å². The van der Waals surface area contributed by atoms with Gasteiger partial charge in [-0.15, -0.1) is 6.58 Å². The van der Waals surface area contributed by atoms with Crippen molar-refractivity contribution >= 4 is 0 Å². The van der Waals surface area contributed by atoms with Crippen LogP contribution >= 0.6 is 0 Å². The summed E-state index contributed by atoms with van der Waals surface area (Å²) in [6.07, 6.45) is 25.7. The molecule has 4 aliphatic rings. The molecule has 0 heteroatoms. The molecule has 4 aliphatic carbocycles. The molecule has 0 aromatic carbocycles. The summed E-state index contributed by atoms with van der Waals surface area (Å²) in [5.41, 5.74) is 3.65. The SMILES string of the molecule is C=CCCC(C)(C1CCCC1)[C@@H]1C2C=C(C)C=CC2C2C=CC(C(C)(C)C)=CC21. The lowest BCUT2D eigenvalue weighted by molar-refractivity contribution is 0.0454. The van der Waals surface area contributed by atoms with Crippen LogP contribution < -0.4 is 0 Å². The fourth-order valence-corrected chi connectivity index (χ4v) is 7.31. The Morgan fingerprint density at radius 2 is 1.55 bits per heavy atom. The van der Waals surface area contributed by atoms with Gasteiger partial charge in [0, 0.05) is 0 Å². The van der Waals surface area contributed by atoms with Crippen molar-refractivity contribution in [2.45, 2.75) is 73.1 Å². The molecule has 29 heavy (non-hydrogen) atoms. The second-order valence-electron chi connectivity index (χ2n) is 11.7. The van der Waals surface area contributed by atoms with Crippen molar-refractivity contribution in [1.82, 2.24) is 0 Å². The van der Waals surface area contributed by atoms with Gasteiger partial charge in [0.15, 0.2) is 0 Å². The van der Waals surface area contributed by atoms with E-state index in [0.29, 0.717) is 29.1 Å². The average molecular weight is 391 g/mol. The summed E-state index contributed by atoms with van der Waals surface area (Å²) in [5.74, 6) is 4.32. The molecule has 0 aromatic rings. The molecule has 0 radical (unpaired) electrons. The minimum Gasteiger partial charge on any atom is -0.103 e. The van der Waals surface area contributed by atoms with Gasteiger partial charge in [0.1, 0.15) is 0 Å². The highest BCUT2D eigenvalue weighted by Crippen LogP contribution is 2.63. The van der Waals surface area contributed by atoms with Gasteiger partial charge in [-0.25, -0.2) is 0 Å². The van der Waals surface area contributed by atoms with Gasteiger partial charge in [-0.1, -0.05) is 88.6 Å². The zero-order valence-corrected chi connectivity index (χ0v) is 19.5. The lowest BCUT2D eigenvalue weighted by Gasteiger charge is -2.47. The minimum atomic E-state index is 0.228. The number of allylic oxidation sites excluding steroid dienone is 9. The molecule has 5 unspecified atom stereocenters. The maximum Gasteiger partial charge on any atom is -0.00952 e. The van der Waals surface area contributed by atoms with Gasteiger partial charge in [-0.2, -0.15) is 0 Å². The van der Waals surface area contributed by atoms with Crippen LogP contribution in [-0.2, 0) is 0 Å². The first kappa shape index (κ1) is 21.0. The molecule has 0 bridgehead atoms. The molecule has 0 nitrogen and oxygen atoms in total. The van der Waals surface area contributed by atoms with Gasteiger partial charge in [-0.05, 0) is 84.5 Å². The Hall–Kier alpha value is -1.30. The molecule has 4 rings (SSSR count). The second kappa shape index (κ2) is 7.75. The predicted octanol–water partition coefficient (Wildman–Crippen LogP) is 8.30. The minimum absolute atomic E-state index is 0.228. The summed E-state index contributed by atoms with van der Waals surface area (Å²) < 4.78 is 0. The summed E-state index contributed by atoms with van der Waals surface area (Å²) in [5, 5.41) is 0. The Balaban J connectivity index is 1.80. The Morgan fingerprint density at radius 1 is 0.931 bits per heavy atom. The van der Waals surface area contributed by atoms with E-state index < -0.39 is 0 Å². The van der Waals surface area contributed by atoms with Gasteiger partial charge >= 0.3 is 0 Å². The van der Waals surface area contributed by atoms with Crippen LogP contribution in [0.4, 0.5) is 0 Å². The Bertz CT molecular complexity index is 745. The van der Waals surface area contributed by atoms with Crippen molar-refractivity contribution in [2.75, 3.05) is 0 Å². The topological polar surface area (TPSA) is 0 Å². The molecule has 0 N–H and O–H groups in total. The van der Waals surface area contributed by atoms with Crippen molar-refractivity contribution < 1.29 is 0 Å². The first-order chi connectivity index (χ1) is 13.8. The van der Waals surface area contributed by atoms with Crippen LogP contribution in [0.25, 0.3) is 0 Å².